The van der Waals surface area contributed by atoms with Crippen molar-refractivity contribution in [3.05, 3.63) is 29.3 Å². The van der Waals surface area contributed by atoms with E-state index in [4.69, 9.17) is 0 Å². The Labute approximate surface area is 129 Å². The van der Waals surface area contributed by atoms with Crippen LogP contribution in [0.25, 0.3) is 10.2 Å². The molecule has 1 aliphatic heterocycles. The monoisotopic (exact) mass is 303 g/mol. The summed E-state index contributed by atoms with van der Waals surface area (Å²) >= 11 is 1.69. The largest absolute Gasteiger partial charge is 0.340 e. The average molecular weight is 303 g/mol. The van der Waals surface area contributed by atoms with Crippen LogP contribution in [0.4, 0.5) is 0 Å². The van der Waals surface area contributed by atoms with Gasteiger partial charge in [0.05, 0.1) is 15.2 Å². The second-order valence-corrected chi connectivity index (χ2v) is 6.96. The van der Waals surface area contributed by atoms with Crippen LogP contribution in [0.2, 0.25) is 0 Å². The van der Waals surface area contributed by atoms with Crippen molar-refractivity contribution in [3.63, 3.8) is 0 Å². The SMILES string of the molecule is C[C@H]1CN(C(=O)CCc2nc3ccccc3s2)C[C@H](C)N1. The van der Waals surface area contributed by atoms with Crippen molar-refractivity contribution in [2.24, 2.45) is 0 Å². The number of fused-ring (bicyclic) bond motifs is 1. The molecule has 0 radical (unpaired) electrons. The number of hydrogen-bond acceptors (Lipinski definition) is 4. The van der Waals surface area contributed by atoms with Crippen molar-refractivity contribution in [2.75, 3.05) is 13.1 Å². The Morgan fingerprint density at radius 3 is 2.76 bits per heavy atom. The maximum absolute atomic E-state index is 12.4. The van der Waals surface area contributed by atoms with Crippen LogP contribution in [-0.4, -0.2) is 41.0 Å². The van der Waals surface area contributed by atoms with Crippen molar-refractivity contribution in [1.29, 1.82) is 0 Å². The smallest absolute Gasteiger partial charge is 0.223 e. The lowest BCUT2D eigenvalue weighted by Gasteiger charge is -2.36. The first kappa shape index (κ1) is 14.5. The molecule has 0 unspecified atom stereocenters. The number of nitrogens with zero attached hydrogens (tertiary/aromatic N) is 2. The van der Waals surface area contributed by atoms with E-state index in [0.717, 1.165) is 30.0 Å². The fraction of sp³-hybridized carbons (Fsp3) is 0.500. The number of para-hydroxylation sites is 1. The lowest BCUT2D eigenvalue weighted by atomic mass is 10.1. The summed E-state index contributed by atoms with van der Waals surface area (Å²) in [4.78, 5) is 18.9. The first-order valence-corrected chi connectivity index (χ1v) is 8.32. The highest BCUT2D eigenvalue weighted by atomic mass is 32.1. The molecule has 1 N–H and O–H groups in total. The first-order chi connectivity index (χ1) is 10.1. The third-order valence-electron chi connectivity index (χ3n) is 3.80. The molecule has 3 rings (SSSR count). The molecular formula is C16H21N3OS. The molecule has 4 nitrogen and oxygen atoms in total. The lowest BCUT2D eigenvalue weighted by Crippen LogP contribution is -2.55. The predicted octanol–water partition coefficient (Wildman–Crippen LogP) is 2.44. The summed E-state index contributed by atoms with van der Waals surface area (Å²) in [6, 6.07) is 8.88. The number of carbonyl (C=O) groups excluding carboxylic acids is 1. The van der Waals surface area contributed by atoms with Gasteiger partial charge in [-0.2, -0.15) is 0 Å². The van der Waals surface area contributed by atoms with Crippen molar-refractivity contribution in [3.8, 4) is 0 Å². The number of aryl methyl sites for hydroxylation is 1. The summed E-state index contributed by atoms with van der Waals surface area (Å²) in [5.74, 6) is 0.245. The number of carbonyl (C=O) groups is 1. The molecule has 1 aromatic heterocycles. The van der Waals surface area contributed by atoms with E-state index in [0.29, 0.717) is 18.5 Å². The van der Waals surface area contributed by atoms with Crippen LogP contribution in [0.3, 0.4) is 0 Å². The van der Waals surface area contributed by atoms with Crippen molar-refractivity contribution < 1.29 is 4.79 Å². The van der Waals surface area contributed by atoms with Gasteiger partial charge in [0.25, 0.3) is 0 Å². The van der Waals surface area contributed by atoms with Gasteiger partial charge in [0.1, 0.15) is 0 Å². The Hall–Kier alpha value is -1.46. The fourth-order valence-corrected chi connectivity index (χ4v) is 3.90. The van der Waals surface area contributed by atoms with Crippen LogP contribution >= 0.6 is 11.3 Å². The van der Waals surface area contributed by atoms with Gasteiger partial charge in [-0.25, -0.2) is 4.98 Å². The zero-order chi connectivity index (χ0) is 14.8. The number of hydrogen-bond donors (Lipinski definition) is 1. The second-order valence-electron chi connectivity index (χ2n) is 5.84. The molecule has 1 fully saturated rings. The van der Waals surface area contributed by atoms with Gasteiger partial charge in [-0.3, -0.25) is 4.79 Å². The normalized spacial score (nSPS) is 22.7. The molecule has 112 valence electrons. The zero-order valence-electron chi connectivity index (χ0n) is 12.5. The van der Waals surface area contributed by atoms with Crippen LogP contribution in [0.1, 0.15) is 25.3 Å². The number of amides is 1. The van der Waals surface area contributed by atoms with Crippen molar-refractivity contribution >= 4 is 27.5 Å². The molecule has 1 aliphatic rings. The van der Waals surface area contributed by atoms with Crippen LogP contribution < -0.4 is 5.32 Å². The molecule has 1 amide bonds. The number of aromatic nitrogens is 1. The molecule has 5 heteroatoms. The van der Waals surface area contributed by atoms with Crippen molar-refractivity contribution in [2.45, 2.75) is 38.8 Å². The molecule has 21 heavy (non-hydrogen) atoms. The van der Waals surface area contributed by atoms with Gasteiger partial charge >= 0.3 is 0 Å². The Balaban J connectivity index is 1.60. The van der Waals surface area contributed by atoms with Crippen LogP contribution in [0.5, 0.6) is 0 Å². The van der Waals surface area contributed by atoms with E-state index in [-0.39, 0.29) is 5.91 Å². The van der Waals surface area contributed by atoms with E-state index < -0.39 is 0 Å². The highest BCUT2D eigenvalue weighted by Gasteiger charge is 2.24. The second kappa shape index (κ2) is 6.12. The third kappa shape index (κ3) is 3.41. The standard InChI is InChI=1S/C16H21N3OS/c1-11-9-19(10-12(2)17-11)16(20)8-7-15-18-13-5-3-4-6-14(13)21-15/h3-6,11-12,17H,7-10H2,1-2H3/t11-,12-/m0/s1. The minimum atomic E-state index is 0.245. The minimum absolute atomic E-state index is 0.245. The van der Waals surface area contributed by atoms with Crippen LogP contribution in [-0.2, 0) is 11.2 Å². The molecular weight excluding hydrogens is 282 g/mol. The molecule has 0 bridgehead atoms. The van der Waals surface area contributed by atoms with E-state index in [1.807, 2.05) is 23.1 Å². The molecule has 0 spiro atoms. The molecule has 1 saturated heterocycles. The Morgan fingerprint density at radius 1 is 1.33 bits per heavy atom. The van der Waals surface area contributed by atoms with E-state index >= 15 is 0 Å². The molecule has 0 aliphatic carbocycles. The number of nitrogens with one attached hydrogen (secondary N) is 1. The Morgan fingerprint density at radius 2 is 2.05 bits per heavy atom. The van der Waals surface area contributed by atoms with E-state index in [1.165, 1.54) is 4.70 Å². The molecule has 2 heterocycles. The summed E-state index contributed by atoms with van der Waals surface area (Å²) in [6.07, 6.45) is 1.30. The topological polar surface area (TPSA) is 45.2 Å². The van der Waals surface area contributed by atoms with Crippen LogP contribution in [0, 0.1) is 0 Å². The minimum Gasteiger partial charge on any atom is -0.340 e. The van der Waals surface area contributed by atoms with E-state index in [1.54, 1.807) is 11.3 Å². The summed E-state index contributed by atoms with van der Waals surface area (Å²) in [6.45, 7) is 5.87. The molecule has 0 saturated carbocycles. The summed E-state index contributed by atoms with van der Waals surface area (Å²) < 4.78 is 1.20. The maximum atomic E-state index is 12.4. The van der Waals surface area contributed by atoms with Gasteiger partial charge in [0.2, 0.25) is 5.91 Å². The zero-order valence-corrected chi connectivity index (χ0v) is 13.3. The summed E-state index contributed by atoms with van der Waals surface area (Å²) in [5.41, 5.74) is 1.04. The Kier molecular flexibility index (Phi) is 4.22. The molecule has 2 atom stereocenters. The fourth-order valence-electron chi connectivity index (χ4n) is 2.93. The Bertz CT molecular complexity index is 596. The molecule has 2 aromatic rings. The van der Waals surface area contributed by atoms with Gasteiger partial charge in [0.15, 0.2) is 0 Å². The third-order valence-corrected chi connectivity index (χ3v) is 4.90. The van der Waals surface area contributed by atoms with Gasteiger partial charge in [-0.15, -0.1) is 11.3 Å². The number of thiazole rings is 1. The van der Waals surface area contributed by atoms with Crippen LogP contribution in [0.15, 0.2) is 24.3 Å². The predicted molar refractivity (Wildman–Crippen MR) is 86.6 cm³/mol. The van der Waals surface area contributed by atoms with Gasteiger partial charge in [-0.05, 0) is 26.0 Å². The number of rotatable bonds is 3. The van der Waals surface area contributed by atoms with E-state index in [2.05, 4.69) is 30.2 Å². The quantitative estimate of drug-likeness (QED) is 0.947. The van der Waals surface area contributed by atoms with Crippen molar-refractivity contribution in [1.82, 2.24) is 15.2 Å². The lowest BCUT2D eigenvalue weighted by molar-refractivity contribution is -0.132. The summed E-state index contributed by atoms with van der Waals surface area (Å²) in [7, 11) is 0. The van der Waals surface area contributed by atoms with Gasteiger partial charge in [-0.1, -0.05) is 12.1 Å². The molecule has 1 aromatic carbocycles. The summed E-state index contributed by atoms with van der Waals surface area (Å²) in [5, 5.41) is 4.51. The highest BCUT2D eigenvalue weighted by Crippen LogP contribution is 2.22. The highest BCUT2D eigenvalue weighted by molar-refractivity contribution is 7.18. The average Bonchev–Trinajstić information content (AvgIpc) is 2.86. The van der Waals surface area contributed by atoms with E-state index in [9.17, 15) is 4.79 Å². The number of piperazine rings is 1. The maximum Gasteiger partial charge on any atom is 0.223 e. The van der Waals surface area contributed by atoms with Gasteiger partial charge in [0, 0.05) is 38.0 Å². The van der Waals surface area contributed by atoms with Gasteiger partial charge < -0.3 is 10.2 Å². The first-order valence-electron chi connectivity index (χ1n) is 7.50. The number of benzene rings is 1.